The molecule has 0 atom stereocenters. The van der Waals surface area contributed by atoms with E-state index < -0.39 is 5.91 Å². The first-order chi connectivity index (χ1) is 9.51. The predicted molar refractivity (Wildman–Crippen MR) is 80.7 cm³/mol. The highest BCUT2D eigenvalue weighted by Gasteiger charge is 2.19. The number of anilines is 1. The second-order valence-electron chi connectivity index (χ2n) is 5.12. The lowest BCUT2D eigenvalue weighted by Crippen LogP contribution is -2.36. The van der Waals surface area contributed by atoms with Crippen molar-refractivity contribution in [2.45, 2.75) is 18.9 Å². The summed E-state index contributed by atoms with van der Waals surface area (Å²) in [5.74, 6) is -0.105. The van der Waals surface area contributed by atoms with Crippen LogP contribution in [0.1, 0.15) is 23.2 Å². The molecule has 110 valence electrons. The van der Waals surface area contributed by atoms with Crippen LogP contribution in [0.3, 0.4) is 0 Å². The van der Waals surface area contributed by atoms with E-state index in [1.165, 1.54) is 7.11 Å². The number of likely N-dealkylation sites (tertiary alicyclic amines) is 1. The zero-order valence-corrected chi connectivity index (χ0v) is 12.5. The fraction of sp³-hybridized carbons (Fsp3) is 0.500. The number of nitrogens with two attached hydrogens (primary N) is 1. The van der Waals surface area contributed by atoms with E-state index in [-0.39, 0.29) is 0 Å². The van der Waals surface area contributed by atoms with Gasteiger partial charge in [0.2, 0.25) is 0 Å². The summed E-state index contributed by atoms with van der Waals surface area (Å²) in [6, 6.07) is 3.67. The van der Waals surface area contributed by atoms with Crippen LogP contribution in [-0.4, -0.2) is 44.1 Å². The number of carbonyl (C=O) groups is 1. The molecule has 3 N–H and O–H groups in total. The van der Waals surface area contributed by atoms with Crippen LogP contribution in [-0.2, 0) is 0 Å². The van der Waals surface area contributed by atoms with Crippen LogP contribution in [0.5, 0.6) is 5.75 Å². The van der Waals surface area contributed by atoms with E-state index in [4.69, 9.17) is 22.1 Å². The molecule has 5 nitrogen and oxygen atoms in total. The van der Waals surface area contributed by atoms with E-state index in [1.807, 2.05) is 0 Å². The monoisotopic (exact) mass is 297 g/mol. The summed E-state index contributed by atoms with van der Waals surface area (Å²) in [4.78, 5) is 13.6. The van der Waals surface area contributed by atoms with Gasteiger partial charge in [-0.1, -0.05) is 11.6 Å². The van der Waals surface area contributed by atoms with Crippen LogP contribution in [0.25, 0.3) is 0 Å². The number of hydrogen-bond acceptors (Lipinski definition) is 4. The lowest BCUT2D eigenvalue weighted by molar-refractivity contribution is 0.0997. The Morgan fingerprint density at radius 3 is 2.65 bits per heavy atom. The van der Waals surface area contributed by atoms with E-state index in [0.717, 1.165) is 31.6 Å². The van der Waals surface area contributed by atoms with E-state index in [1.54, 1.807) is 12.1 Å². The van der Waals surface area contributed by atoms with Gasteiger partial charge in [-0.15, -0.1) is 0 Å². The van der Waals surface area contributed by atoms with Gasteiger partial charge in [-0.05, 0) is 39.0 Å². The number of benzene rings is 1. The second-order valence-corrected chi connectivity index (χ2v) is 5.53. The van der Waals surface area contributed by atoms with Gasteiger partial charge in [0.15, 0.2) is 0 Å². The number of methoxy groups -OCH3 is 1. The fourth-order valence-electron chi connectivity index (χ4n) is 2.40. The Labute approximate surface area is 124 Å². The smallest absolute Gasteiger partial charge is 0.252 e. The Bertz CT molecular complexity index is 499. The summed E-state index contributed by atoms with van der Waals surface area (Å²) < 4.78 is 5.20. The molecule has 0 aromatic heterocycles. The number of rotatable bonds is 4. The van der Waals surface area contributed by atoms with E-state index in [0.29, 0.717) is 22.4 Å². The van der Waals surface area contributed by atoms with E-state index in [9.17, 15) is 4.79 Å². The molecular weight excluding hydrogens is 278 g/mol. The van der Waals surface area contributed by atoms with Crippen molar-refractivity contribution >= 4 is 23.2 Å². The maximum absolute atomic E-state index is 11.3. The zero-order valence-electron chi connectivity index (χ0n) is 11.8. The molecule has 1 aliphatic heterocycles. The molecule has 6 heteroatoms. The van der Waals surface area contributed by atoms with E-state index in [2.05, 4.69) is 17.3 Å². The van der Waals surface area contributed by atoms with Crippen molar-refractivity contribution in [3.05, 3.63) is 22.7 Å². The normalized spacial score (nSPS) is 16.9. The third-order valence-corrected chi connectivity index (χ3v) is 3.95. The fourth-order valence-corrected chi connectivity index (χ4v) is 2.62. The topological polar surface area (TPSA) is 67.6 Å². The summed E-state index contributed by atoms with van der Waals surface area (Å²) in [5, 5.41) is 3.90. The van der Waals surface area contributed by atoms with Gasteiger partial charge >= 0.3 is 0 Å². The van der Waals surface area contributed by atoms with Gasteiger partial charge in [0.1, 0.15) is 5.75 Å². The third kappa shape index (κ3) is 3.35. The molecule has 0 unspecified atom stereocenters. The minimum atomic E-state index is -0.547. The molecule has 1 fully saturated rings. The number of piperidine rings is 1. The number of hydrogen-bond donors (Lipinski definition) is 2. The van der Waals surface area contributed by atoms with Crippen molar-refractivity contribution in [2.24, 2.45) is 5.73 Å². The van der Waals surface area contributed by atoms with Gasteiger partial charge in [0.05, 0.1) is 23.4 Å². The Hall–Kier alpha value is -1.46. The third-order valence-electron chi connectivity index (χ3n) is 3.63. The van der Waals surface area contributed by atoms with Gasteiger partial charge in [-0.25, -0.2) is 0 Å². The molecule has 0 bridgehead atoms. The largest absolute Gasteiger partial charge is 0.496 e. The highest BCUT2D eigenvalue weighted by Crippen LogP contribution is 2.32. The maximum Gasteiger partial charge on any atom is 0.252 e. The Morgan fingerprint density at radius 1 is 1.45 bits per heavy atom. The number of halogens is 1. The molecule has 1 aliphatic rings. The highest BCUT2D eigenvalue weighted by atomic mass is 35.5. The zero-order chi connectivity index (χ0) is 14.7. The van der Waals surface area contributed by atoms with Crippen molar-refractivity contribution in [3.8, 4) is 5.75 Å². The first-order valence-electron chi connectivity index (χ1n) is 6.63. The van der Waals surface area contributed by atoms with Crippen LogP contribution >= 0.6 is 11.6 Å². The summed E-state index contributed by atoms with van der Waals surface area (Å²) in [6.07, 6.45) is 2.12. The molecule has 0 spiro atoms. The summed E-state index contributed by atoms with van der Waals surface area (Å²) in [5.41, 5.74) is 6.38. The quantitative estimate of drug-likeness (QED) is 0.891. The van der Waals surface area contributed by atoms with Crippen molar-refractivity contribution in [3.63, 3.8) is 0 Å². The standard InChI is InChI=1S/C14H20ClN3O2/c1-18-5-3-9(4-6-18)17-12-8-13(20-2)10(14(16)19)7-11(12)15/h7-9,17H,3-6H2,1-2H3,(H2,16,19). The molecular formula is C14H20ClN3O2. The number of nitrogens with zero attached hydrogens (tertiary/aromatic N) is 1. The van der Waals surface area contributed by atoms with Crippen molar-refractivity contribution in [1.82, 2.24) is 4.90 Å². The Morgan fingerprint density at radius 2 is 2.10 bits per heavy atom. The van der Waals surface area contributed by atoms with Crippen LogP contribution in [0.15, 0.2) is 12.1 Å². The number of carbonyl (C=O) groups excluding carboxylic acids is 1. The van der Waals surface area contributed by atoms with Gasteiger partial charge in [0, 0.05) is 12.1 Å². The van der Waals surface area contributed by atoms with Crippen molar-refractivity contribution in [1.29, 1.82) is 0 Å². The minimum absolute atomic E-state index is 0.298. The molecule has 0 aliphatic carbocycles. The minimum Gasteiger partial charge on any atom is -0.496 e. The van der Waals surface area contributed by atoms with Crippen LogP contribution in [0.4, 0.5) is 5.69 Å². The number of nitrogens with one attached hydrogen (secondary N) is 1. The number of ether oxygens (including phenoxy) is 1. The lowest BCUT2D eigenvalue weighted by atomic mass is 10.0. The molecule has 1 amide bonds. The van der Waals surface area contributed by atoms with Gasteiger partial charge in [0.25, 0.3) is 5.91 Å². The average molecular weight is 298 g/mol. The molecule has 0 saturated carbocycles. The summed E-state index contributed by atoms with van der Waals surface area (Å²) in [6.45, 7) is 2.12. The molecule has 2 rings (SSSR count). The lowest BCUT2D eigenvalue weighted by Gasteiger charge is -2.30. The number of primary amides is 1. The van der Waals surface area contributed by atoms with Crippen LogP contribution in [0.2, 0.25) is 5.02 Å². The molecule has 20 heavy (non-hydrogen) atoms. The van der Waals surface area contributed by atoms with E-state index >= 15 is 0 Å². The highest BCUT2D eigenvalue weighted by molar-refractivity contribution is 6.33. The Kier molecular flexibility index (Phi) is 4.73. The molecule has 1 aromatic rings. The molecule has 1 saturated heterocycles. The molecule has 1 aromatic carbocycles. The summed E-state index contributed by atoms with van der Waals surface area (Å²) >= 11 is 6.21. The van der Waals surface area contributed by atoms with Gasteiger partial charge in [-0.3, -0.25) is 4.79 Å². The predicted octanol–water partition coefficient (Wildman–Crippen LogP) is 1.95. The first kappa shape index (κ1) is 14.9. The summed E-state index contributed by atoms with van der Waals surface area (Å²) in [7, 11) is 3.63. The van der Waals surface area contributed by atoms with Crippen LogP contribution in [0, 0.1) is 0 Å². The van der Waals surface area contributed by atoms with Crippen molar-refractivity contribution < 1.29 is 9.53 Å². The average Bonchev–Trinajstić information content (AvgIpc) is 2.42. The molecule has 1 heterocycles. The Balaban J connectivity index is 2.17. The molecule has 0 radical (unpaired) electrons. The maximum atomic E-state index is 11.3. The van der Waals surface area contributed by atoms with Gasteiger partial charge < -0.3 is 20.7 Å². The van der Waals surface area contributed by atoms with Gasteiger partial charge in [-0.2, -0.15) is 0 Å². The SMILES string of the molecule is COc1cc(NC2CCN(C)CC2)c(Cl)cc1C(N)=O. The second kappa shape index (κ2) is 6.33. The van der Waals surface area contributed by atoms with Crippen molar-refractivity contribution in [2.75, 3.05) is 32.6 Å². The first-order valence-corrected chi connectivity index (χ1v) is 7.01. The number of amides is 1. The van der Waals surface area contributed by atoms with Crippen LogP contribution < -0.4 is 15.8 Å².